The monoisotopic (exact) mass is 194 g/mol. The van der Waals surface area contributed by atoms with Crippen molar-refractivity contribution >= 4 is 11.5 Å². The second-order valence-electron chi connectivity index (χ2n) is 4.62. The van der Waals surface area contributed by atoms with Crippen molar-refractivity contribution in [3.8, 4) is 0 Å². The average molecular weight is 194 g/mol. The number of aromatic nitrogens is 2. The molecule has 2 heterocycles. The van der Waals surface area contributed by atoms with Crippen molar-refractivity contribution in [3.63, 3.8) is 0 Å². The maximum atomic E-state index is 4.39. The van der Waals surface area contributed by atoms with Gasteiger partial charge in [0.05, 0.1) is 5.69 Å². The summed E-state index contributed by atoms with van der Waals surface area (Å²) >= 11 is 0. The van der Waals surface area contributed by atoms with E-state index in [1.807, 2.05) is 18.7 Å². The molecule has 0 radical (unpaired) electrons. The number of aryl methyl sites for hydroxylation is 2. The second kappa shape index (κ2) is 2.90. The smallest absolute Gasteiger partial charge is 0.148 e. The molecule has 0 unspecified atom stereocenters. The molecule has 78 valence electrons. The number of hydrogen-bond acceptors (Lipinski definition) is 3. The Balaban J connectivity index is 2.44. The van der Waals surface area contributed by atoms with Crippen LogP contribution in [-0.4, -0.2) is 21.9 Å². The largest absolute Gasteiger partial charge is 0.380 e. The first-order chi connectivity index (χ1) is 6.49. The molecule has 0 aliphatic carbocycles. The van der Waals surface area contributed by atoms with E-state index in [2.05, 4.69) is 29.6 Å². The van der Waals surface area contributed by atoms with E-state index in [1.165, 1.54) is 0 Å². The molecule has 4 heteroatoms. The Labute approximate surface area is 84.7 Å². The molecule has 0 amide bonds. The number of rotatable bonds is 0. The molecule has 4 nitrogen and oxygen atoms in total. The minimum absolute atomic E-state index is 0.137. The molecule has 0 spiro atoms. The van der Waals surface area contributed by atoms with Gasteiger partial charge in [-0.2, -0.15) is 5.10 Å². The lowest BCUT2D eigenvalue weighted by Gasteiger charge is -2.24. The van der Waals surface area contributed by atoms with Crippen LogP contribution in [0.5, 0.6) is 0 Å². The first kappa shape index (κ1) is 9.37. The lowest BCUT2D eigenvalue weighted by molar-refractivity contribution is 0.532. The van der Waals surface area contributed by atoms with Gasteiger partial charge in [0.1, 0.15) is 11.5 Å². The third-order valence-electron chi connectivity index (χ3n) is 2.73. The van der Waals surface area contributed by atoms with Gasteiger partial charge < -0.3 is 10.6 Å². The van der Waals surface area contributed by atoms with Gasteiger partial charge >= 0.3 is 0 Å². The molecule has 0 bridgehead atoms. The molecule has 0 saturated carbocycles. The van der Waals surface area contributed by atoms with Gasteiger partial charge in [-0.15, -0.1) is 0 Å². The van der Waals surface area contributed by atoms with Crippen LogP contribution in [0.2, 0.25) is 0 Å². The number of fused-ring (bicyclic) bond motifs is 1. The molecule has 0 aromatic carbocycles. The van der Waals surface area contributed by atoms with Gasteiger partial charge in [-0.3, -0.25) is 4.68 Å². The lowest BCUT2D eigenvalue weighted by atomic mass is 10.0. The summed E-state index contributed by atoms with van der Waals surface area (Å²) in [4.78, 5) is 0. The summed E-state index contributed by atoms with van der Waals surface area (Å²) in [5.74, 6) is 1.10. The highest BCUT2D eigenvalue weighted by atomic mass is 15.3. The predicted octanol–water partition coefficient (Wildman–Crippen LogP) is 1.73. The van der Waals surface area contributed by atoms with Crippen molar-refractivity contribution in [2.45, 2.75) is 32.7 Å². The Morgan fingerprint density at radius 2 is 2.14 bits per heavy atom. The molecular weight excluding hydrogens is 176 g/mol. The molecule has 14 heavy (non-hydrogen) atoms. The van der Waals surface area contributed by atoms with Crippen LogP contribution in [0, 0.1) is 6.92 Å². The minimum atomic E-state index is 0.137. The van der Waals surface area contributed by atoms with Gasteiger partial charge in [-0.1, -0.05) is 0 Å². The molecule has 0 atom stereocenters. The van der Waals surface area contributed by atoms with Gasteiger partial charge in [0.2, 0.25) is 0 Å². The number of anilines is 2. The van der Waals surface area contributed by atoms with E-state index in [-0.39, 0.29) is 5.54 Å². The quantitative estimate of drug-likeness (QED) is 0.661. The fourth-order valence-electron chi connectivity index (χ4n) is 1.90. The first-order valence-corrected chi connectivity index (χ1v) is 5.05. The Morgan fingerprint density at radius 1 is 1.43 bits per heavy atom. The maximum Gasteiger partial charge on any atom is 0.148 e. The van der Waals surface area contributed by atoms with Crippen LogP contribution in [0.1, 0.15) is 26.0 Å². The van der Waals surface area contributed by atoms with Crippen molar-refractivity contribution < 1.29 is 0 Å². The van der Waals surface area contributed by atoms with Crippen LogP contribution in [0.25, 0.3) is 0 Å². The number of nitrogens with zero attached hydrogens (tertiary/aromatic N) is 2. The molecule has 2 N–H and O–H groups in total. The van der Waals surface area contributed by atoms with Crippen LogP contribution in [0.3, 0.4) is 0 Å². The summed E-state index contributed by atoms with van der Waals surface area (Å²) in [5.41, 5.74) is 2.35. The third kappa shape index (κ3) is 1.45. The van der Waals surface area contributed by atoms with Crippen LogP contribution in [-0.2, 0) is 7.05 Å². The summed E-state index contributed by atoms with van der Waals surface area (Å²) in [5, 5.41) is 11.3. The normalized spacial score (nSPS) is 19.1. The van der Waals surface area contributed by atoms with Crippen molar-refractivity contribution in [2.24, 2.45) is 7.05 Å². The maximum absolute atomic E-state index is 4.39. The molecule has 0 saturated heterocycles. The summed E-state index contributed by atoms with van der Waals surface area (Å²) in [6, 6.07) is 0. The molecule has 1 aromatic rings. The van der Waals surface area contributed by atoms with E-state index >= 15 is 0 Å². The number of hydrogen-bond donors (Lipinski definition) is 2. The minimum Gasteiger partial charge on any atom is -0.380 e. The SMILES string of the molecule is Cc1nn(C)c2c1NCCC(C)(C)N2. The first-order valence-electron chi connectivity index (χ1n) is 5.05. The van der Waals surface area contributed by atoms with E-state index < -0.39 is 0 Å². The van der Waals surface area contributed by atoms with Crippen LogP contribution < -0.4 is 10.6 Å². The molecule has 2 rings (SSSR count). The van der Waals surface area contributed by atoms with E-state index in [1.54, 1.807) is 0 Å². The second-order valence-corrected chi connectivity index (χ2v) is 4.62. The molecule has 0 fully saturated rings. The summed E-state index contributed by atoms with van der Waals surface area (Å²) in [6.07, 6.45) is 1.11. The summed E-state index contributed by atoms with van der Waals surface area (Å²) in [6.45, 7) is 7.46. The topological polar surface area (TPSA) is 41.9 Å². The number of nitrogens with one attached hydrogen (secondary N) is 2. The summed E-state index contributed by atoms with van der Waals surface area (Å²) in [7, 11) is 1.97. The summed E-state index contributed by atoms with van der Waals surface area (Å²) < 4.78 is 1.91. The zero-order valence-electron chi connectivity index (χ0n) is 9.31. The van der Waals surface area contributed by atoms with Gasteiger partial charge in [0.15, 0.2) is 0 Å². The Hall–Kier alpha value is -1.19. The third-order valence-corrected chi connectivity index (χ3v) is 2.73. The predicted molar refractivity (Wildman–Crippen MR) is 58.8 cm³/mol. The van der Waals surface area contributed by atoms with Crippen molar-refractivity contribution in [2.75, 3.05) is 17.2 Å². The van der Waals surface area contributed by atoms with E-state index in [9.17, 15) is 0 Å². The van der Waals surface area contributed by atoms with E-state index in [4.69, 9.17) is 0 Å². The average Bonchev–Trinajstić information content (AvgIpc) is 2.29. The molecular formula is C10H18N4. The highest BCUT2D eigenvalue weighted by Gasteiger charge is 2.25. The van der Waals surface area contributed by atoms with Gasteiger partial charge in [-0.05, 0) is 27.2 Å². The van der Waals surface area contributed by atoms with Crippen molar-refractivity contribution in [1.82, 2.24) is 9.78 Å². The highest BCUT2D eigenvalue weighted by molar-refractivity contribution is 5.69. The molecule has 1 aliphatic rings. The van der Waals surface area contributed by atoms with E-state index in [0.717, 1.165) is 30.2 Å². The highest BCUT2D eigenvalue weighted by Crippen LogP contribution is 2.31. The van der Waals surface area contributed by atoms with Crippen LogP contribution in [0.15, 0.2) is 0 Å². The van der Waals surface area contributed by atoms with Gasteiger partial charge in [0.25, 0.3) is 0 Å². The molecule has 1 aromatic heterocycles. The standard InChI is InChI=1S/C10H18N4/c1-7-8-9(14(4)13-7)12-10(2,3)5-6-11-8/h11-12H,5-6H2,1-4H3. The van der Waals surface area contributed by atoms with Crippen LogP contribution >= 0.6 is 0 Å². The Kier molecular flexibility index (Phi) is 1.94. The molecule has 1 aliphatic heterocycles. The Morgan fingerprint density at radius 3 is 2.86 bits per heavy atom. The van der Waals surface area contributed by atoms with Gasteiger partial charge in [-0.25, -0.2) is 0 Å². The zero-order chi connectivity index (χ0) is 10.3. The van der Waals surface area contributed by atoms with Gasteiger partial charge in [0, 0.05) is 19.1 Å². The zero-order valence-corrected chi connectivity index (χ0v) is 9.31. The fourth-order valence-corrected chi connectivity index (χ4v) is 1.90. The Bertz CT molecular complexity index is 351. The van der Waals surface area contributed by atoms with Crippen molar-refractivity contribution in [1.29, 1.82) is 0 Å². The fraction of sp³-hybridized carbons (Fsp3) is 0.700. The van der Waals surface area contributed by atoms with Crippen LogP contribution in [0.4, 0.5) is 11.5 Å². The van der Waals surface area contributed by atoms with Crippen molar-refractivity contribution in [3.05, 3.63) is 5.69 Å². The lowest BCUT2D eigenvalue weighted by Crippen LogP contribution is -2.31. The van der Waals surface area contributed by atoms with E-state index in [0.29, 0.717) is 0 Å².